The van der Waals surface area contributed by atoms with Crippen LogP contribution in [0.5, 0.6) is 0 Å². The summed E-state index contributed by atoms with van der Waals surface area (Å²) >= 11 is 0. The van der Waals surface area contributed by atoms with E-state index in [1.54, 1.807) is 0 Å². The van der Waals surface area contributed by atoms with E-state index in [4.69, 9.17) is 0 Å². The lowest BCUT2D eigenvalue weighted by Gasteiger charge is -2.31. The molecular weight excluding hydrogens is 210 g/mol. The number of aryl methyl sites for hydroxylation is 2. The zero-order valence-corrected chi connectivity index (χ0v) is 11.4. The second-order valence-electron chi connectivity index (χ2n) is 5.22. The first-order valence-electron chi connectivity index (χ1n) is 6.98. The SMILES string of the molecule is CCC1CCN(Cc2cn(CC)nc2C)CC1. The molecule has 0 N–H and O–H groups in total. The first-order valence-corrected chi connectivity index (χ1v) is 6.98. The Hall–Kier alpha value is -0.830. The fraction of sp³-hybridized carbons (Fsp3) is 0.786. The van der Waals surface area contributed by atoms with E-state index in [9.17, 15) is 0 Å². The number of likely N-dealkylation sites (tertiary alicyclic amines) is 1. The van der Waals surface area contributed by atoms with Gasteiger partial charge in [-0.2, -0.15) is 5.10 Å². The summed E-state index contributed by atoms with van der Waals surface area (Å²) in [5.74, 6) is 0.964. The fourth-order valence-corrected chi connectivity index (χ4v) is 2.67. The molecule has 1 aliphatic heterocycles. The fourth-order valence-electron chi connectivity index (χ4n) is 2.67. The number of hydrogen-bond donors (Lipinski definition) is 0. The summed E-state index contributed by atoms with van der Waals surface area (Å²) in [6.45, 7) is 11.2. The highest BCUT2D eigenvalue weighted by Crippen LogP contribution is 2.21. The van der Waals surface area contributed by atoms with Crippen molar-refractivity contribution in [1.82, 2.24) is 14.7 Å². The van der Waals surface area contributed by atoms with Gasteiger partial charge in [-0.05, 0) is 45.7 Å². The Kier molecular flexibility index (Phi) is 4.21. The molecule has 0 spiro atoms. The van der Waals surface area contributed by atoms with Gasteiger partial charge >= 0.3 is 0 Å². The highest BCUT2D eigenvalue weighted by atomic mass is 15.3. The highest BCUT2D eigenvalue weighted by Gasteiger charge is 2.18. The summed E-state index contributed by atoms with van der Waals surface area (Å²) in [7, 11) is 0. The molecule has 2 rings (SSSR count). The molecule has 2 heterocycles. The summed E-state index contributed by atoms with van der Waals surface area (Å²) in [6, 6.07) is 0. The van der Waals surface area contributed by atoms with E-state index >= 15 is 0 Å². The molecule has 0 bridgehead atoms. The van der Waals surface area contributed by atoms with Crippen molar-refractivity contribution in [3.05, 3.63) is 17.5 Å². The predicted molar refractivity (Wildman–Crippen MR) is 70.9 cm³/mol. The maximum absolute atomic E-state index is 4.52. The molecule has 1 fully saturated rings. The van der Waals surface area contributed by atoms with Crippen LogP contribution in [0.2, 0.25) is 0 Å². The normalized spacial score (nSPS) is 18.8. The van der Waals surface area contributed by atoms with E-state index in [1.807, 2.05) is 4.68 Å². The van der Waals surface area contributed by atoms with Crippen LogP contribution in [0.15, 0.2) is 6.20 Å². The monoisotopic (exact) mass is 235 g/mol. The van der Waals surface area contributed by atoms with Crippen molar-refractivity contribution in [1.29, 1.82) is 0 Å². The van der Waals surface area contributed by atoms with Gasteiger partial charge in [0.25, 0.3) is 0 Å². The third-order valence-corrected chi connectivity index (χ3v) is 4.05. The molecule has 0 radical (unpaired) electrons. The molecule has 0 unspecified atom stereocenters. The topological polar surface area (TPSA) is 21.1 Å². The minimum atomic E-state index is 0.964. The van der Waals surface area contributed by atoms with Crippen LogP contribution in [0.3, 0.4) is 0 Å². The van der Waals surface area contributed by atoms with Gasteiger partial charge in [0.1, 0.15) is 0 Å². The number of nitrogens with zero attached hydrogens (tertiary/aromatic N) is 3. The van der Waals surface area contributed by atoms with Crippen LogP contribution in [0, 0.1) is 12.8 Å². The van der Waals surface area contributed by atoms with E-state index in [0.29, 0.717) is 0 Å². The lowest BCUT2D eigenvalue weighted by atomic mass is 9.94. The minimum Gasteiger partial charge on any atom is -0.299 e. The van der Waals surface area contributed by atoms with Crippen LogP contribution in [-0.2, 0) is 13.1 Å². The molecule has 0 aliphatic carbocycles. The van der Waals surface area contributed by atoms with Gasteiger partial charge in [-0.1, -0.05) is 13.3 Å². The molecule has 0 aromatic carbocycles. The van der Waals surface area contributed by atoms with Gasteiger partial charge in [0.2, 0.25) is 0 Å². The zero-order chi connectivity index (χ0) is 12.3. The van der Waals surface area contributed by atoms with Gasteiger partial charge < -0.3 is 0 Å². The minimum absolute atomic E-state index is 0.964. The van der Waals surface area contributed by atoms with Crippen LogP contribution in [0.1, 0.15) is 44.4 Å². The first kappa shape index (κ1) is 12.6. The Balaban J connectivity index is 1.90. The number of piperidine rings is 1. The summed E-state index contributed by atoms with van der Waals surface area (Å²) in [5.41, 5.74) is 2.60. The van der Waals surface area contributed by atoms with Gasteiger partial charge in [0.05, 0.1) is 5.69 Å². The van der Waals surface area contributed by atoms with E-state index < -0.39 is 0 Å². The van der Waals surface area contributed by atoms with Crippen molar-refractivity contribution in [3.8, 4) is 0 Å². The quantitative estimate of drug-likeness (QED) is 0.800. The van der Waals surface area contributed by atoms with Crippen LogP contribution in [-0.4, -0.2) is 27.8 Å². The molecule has 1 aromatic heterocycles. The third-order valence-electron chi connectivity index (χ3n) is 4.05. The molecule has 0 saturated carbocycles. The van der Waals surface area contributed by atoms with Crippen molar-refractivity contribution in [2.24, 2.45) is 5.92 Å². The first-order chi connectivity index (χ1) is 8.22. The van der Waals surface area contributed by atoms with Crippen molar-refractivity contribution < 1.29 is 0 Å². The third kappa shape index (κ3) is 3.09. The predicted octanol–water partition coefficient (Wildman–Crippen LogP) is 2.83. The standard InChI is InChI=1S/C14H25N3/c1-4-13-6-8-16(9-7-13)10-14-11-17(5-2)15-12(14)3/h11,13H,4-10H2,1-3H3. The molecular formula is C14H25N3. The van der Waals surface area contributed by atoms with E-state index in [-0.39, 0.29) is 0 Å². The van der Waals surface area contributed by atoms with Crippen molar-refractivity contribution in [3.63, 3.8) is 0 Å². The van der Waals surface area contributed by atoms with Crippen molar-refractivity contribution in [2.45, 2.75) is 53.1 Å². The maximum Gasteiger partial charge on any atom is 0.0638 e. The second kappa shape index (κ2) is 5.67. The van der Waals surface area contributed by atoms with E-state index in [0.717, 1.165) is 19.0 Å². The largest absolute Gasteiger partial charge is 0.299 e. The van der Waals surface area contributed by atoms with Crippen LogP contribution < -0.4 is 0 Å². The van der Waals surface area contributed by atoms with Crippen molar-refractivity contribution in [2.75, 3.05) is 13.1 Å². The summed E-state index contributed by atoms with van der Waals surface area (Å²) in [6.07, 6.45) is 6.30. The Morgan fingerprint density at radius 2 is 2.00 bits per heavy atom. The molecule has 1 saturated heterocycles. The Labute approximate surface area is 105 Å². The lowest BCUT2D eigenvalue weighted by Crippen LogP contribution is -2.33. The molecule has 1 aromatic rings. The Morgan fingerprint density at radius 1 is 1.29 bits per heavy atom. The van der Waals surface area contributed by atoms with Gasteiger partial charge in [0.15, 0.2) is 0 Å². The van der Waals surface area contributed by atoms with E-state index in [2.05, 4.69) is 37.0 Å². The summed E-state index contributed by atoms with van der Waals surface area (Å²) < 4.78 is 2.05. The second-order valence-corrected chi connectivity index (χ2v) is 5.22. The molecule has 96 valence electrons. The average molecular weight is 235 g/mol. The van der Waals surface area contributed by atoms with Gasteiger partial charge in [-0.25, -0.2) is 0 Å². The lowest BCUT2D eigenvalue weighted by molar-refractivity contribution is 0.175. The number of hydrogen-bond acceptors (Lipinski definition) is 2. The van der Waals surface area contributed by atoms with Crippen LogP contribution >= 0.6 is 0 Å². The summed E-state index contributed by atoms with van der Waals surface area (Å²) in [5, 5.41) is 4.52. The molecule has 0 amide bonds. The number of aromatic nitrogens is 2. The Morgan fingerprint density at radius 3 is 2.53 bits per heavy atom. The van der Waals surface area contributed by atoms with E-state index in [1.165, 1.54) is 43.6 Å². The highest BCUT2D eigenvalue weighted by molar-refractivity contribution is 5.15. The molecule has 1 aliphatic rings. The van der Waals surface area contributed by atoms with Gasteiger partial charge in [0, 0.05) is 24.8 Å². The zero-order valence-electron chi connectivity index (χ0n) is 11.4. The number of rotatable bonds is 4. The van der Waals surface area contributed by atoms with Crippen LogP contribution in [0.25, 0.3) is 0 Å². The smallest absolute Gasteiger partial charge is 0.0638 e. The van der Waals surface area contributed by atoms with Gasteiger partial charge in [-0.3, -0.25) is 9.58 Å². The van der Waals surface area contributed by atoms with Gasteiger partial charge in [-0.15, -0.1) is 0 Å². The molecule has 3 heteroatoms. The molecule has 0 atom stereocenters. The van der Waals surface area contributed by atoms with Crippen LogP contribution in [0.4, 0.5) is 0 Å². The van der Waals surface area contributed by atoms with Crippen molar-refractivity contribution >= 4 is 0 Å². The Bertz CT molecular complexity index is 348. The summed E-state index contributed by atoms with van der Waals surface area (Å²) in [4.78, 5) is 2.58. The molecule has 17 heavy (non-hydrogen) atoms. The maximum atomic E-state index is 4.52. The molecule has 3 nitrogen and oxygen atoms in total. The average Bonchev–Trinajstić information content (AvgIpc) is 2.71.